The Morgan fingerprint density at radius 3 is 2.77 bits per heavy atom. The maximum absolute atomic E-state index is 10.4. The zero-order valence-corrected chi connectivity index (χ0v) is 9.08. The molecule has 13 heavy (non-hydrogen) atoms. The third-order valence-electron chi connectivity index (χ3n) is 1.71. The van der Waals surface area contributed by atoms with E-state index in [-0.39, 0.29) is 6.54 Å². The molecule has 1 rings (SSSR count). The van der Waals surface area contributed by atoms with Gasteiger partial charge in [0, 0.05) is 5.56 Å². The van der Waals surface area contributed by atoms with Crippen molar-refractivity contribution in [2.45, 2.75) is 26.3 Å². The van der Waals surface area contributed by atoms with Crippen molar-refractivity contribution in [3.05, 3.63) is 16.4 Å². The Balaban J connectivity index is 2.92. The molecule has 0 amide bonds. The summed E-state index contributed by atoms with van der Waals surface area (Å²) in [7, 11) is 0. The van der Waals surface area contributed by atoms with Crippen LogP contribution in [-0.2, 0) is 11.3 Å². The Labute approximate surface area is 84.7 Å². The maximum Gasteiger partial charge on any atom is 0.325 e. The summed E-state index contributed by atoms with van der Waals surface area (Å²) in [5, 5.41) is 12.5. The Hall–Kier alpha value is -0.840. The lowest BCUT2D eigenvalue weighted by Crippen LogP contribution is -2.10. The number of hydrogen-bond acceptors (Lipinski definition) is 2. The maximum atomic E-state index is 10.4. The first-order valence-corrected chi connectivity index (χ1v) is 4.74. The third kappa shape index (κ3) is 2.30. The number of carboxylic acids is 1. The Morgan fingerprint density at radius 2 is 2.38 bits per heavy atom. The molecule has 0 spiro atoms. The first-order valence-electron chi connectivity index (χ1n) is 3.95. The molecule has 0 aromatic carbocycles. The zero-order valence-electron chi connectivity index (χ0n) is 7.49. The molecular weight excluding hydrogens is 236 g/mol. The van der Waals surface area contributed by atoms with Gasteiger partial charge in [-0.1, -0.05) is 13.8 Å². The topological polar surface area (TPSA) is 55.1 Å². The van der Waals surface area contributed by atoms with Crippen LogP contribution in [0.1, 0.15) is 25.3 Å². The Kier molecular flexibility index (Phi) is 3.08. The van der Waals surface area contributed by atoms with Crippen LogP contribution >= 0.6 is 15.9 Å². The number of aliphatic carboxylic acids is 1. The van der Waals surface area contributed by atoms with Crippen LogP contribution < -0.4 is 0 Å². The summed E-state index contributed by atoms with van der Waals surface area (Å²) >= 11 is 3.32. The summed E-state index contributed by atoms with van der Waals surface area (Å²) in [6.07, 6.45) is 1.69. The molecule has 0 atom stereocenters. The number of carboxylic acid groups (broad SMARTS) is 1. The van der Waals surface area contributed by atoms with Crippen LogP contribution in [0.2, 0.25) is 0 Å². The smallest absolute Gasteiger partial charge is 0.325 e. The van der Waals surface area contributed by atoms with E-state index in [9.17, 15) is 4.79 Å². The molecule has 0 aliphatic rings. The van der Waals surface area contributed by atoms with Crippen molar-refractivity contribution in [3.63, 3.8) is 0 Å². The van der Waals surface area contributed by atoms with Crippen molar-refractivity contribution in [3.8, 4) is 0 Å². The second-order valence-corrected chi connectivity index (χ2v) is 3.85. The van der Waals surface area contributed by atoms with E-state index in [0.29, 0.717) is 5.92 Å². The minimum Gasteiger partial charge on any atom is -0.480 e. The largest absolute Gasteiger partial charge is 0.480 e. The summed E-state index contributed by atoms with van der Waals surface area (Å²) in [5.41, 5.74) is 1.03. The van der Waals surface area contributed by atoms with Crippen LogP contribution in [0.3, 0.4) is 0 Å². The molecule has 1 N–H and O–H groups in total. The van der Waals surface area contributed by atoms with E-state index in [0.717, 1.165) is 10.2 Å². The number of aromatic nitrogens is 2. The monoisotopic (exact) mass is 246 g/mol. The quantitative estimate of drug-likeness (QED) is 0.886. The van der Waals surface area contributed by atoms with Gasteiger partial charge in [0.1, 0.15) is 11.1 Å². The number of hydrogen-bond donors (Lipinski definition) is 1. The molecule has 0 aliphatic heterocycles. The van der Waals surface area contributed by atoms with Crippen LogP contribution in [0.15, 0.2) is 10.8 Å². The lowest BCUT2D eigenvalue weighted by atomic mass is 10.1. The average Bonchev–Trinajstić information content (AvgIpc) is 2.32. The van der Waals surface area contributed by atoms with Crippen LogP contribution in [0.4, 0.5) is 0 Å². The van der Waals surface area contributed by atoms with Gasteiger partial charge in [0.2, 0.25) is 0 Å². The van der Waals surface area contributed by atoms with Crippen molar-refractivity contribution in [1.29, 1.82) is 0 Å². The molecular formula is C8H11BrN2O2. The van der Waals surface area contributed by atoms with E-state index in [1.54, 1.807) is 6.20 Å². The highest BCUT2D eigenvalue weighted by molar-refractivity contribution is 9.10. The molecule has 0 radical (unpaired) electrons. The van der Waals surface area contributed by atoms with E-state index in [1.807, 2.05) is 13.8 Å². The van der Waals surface area contributed by atoms with Gasteiger partial charge in [-0.3, -0.25) is 4.79 Å². The molecule has 72 valence electrons. The molecule has 5 heteroatoms. The normalized spacial score (nSPS) is 10.8. The Morgan fingerprint density at radius 1 is 1.77 bits per heavy atom. The fourth-order valence-corrected chi connectivity index (χ4v) is 1.79. The van der Waals surface area contributed by atoms with E-state index >= 15 is 0 Å². The lowest BCUT2D eigenvalue weighted by Gasteiger charge is -2.02. The number of carbonyl (C=O) groups is 1. The van der Waals surface area contributed by atoms with Crippen molar-refractivity contribution in [2.75, 3.05) is 0 Å². The van der Waals surface area contributed by atoms with Crippen LogP contribution in [-0.4, -0.2) is 20.9 Å². The van der Waals surface area contributed by atoms with Gasteiger partial charge in [-0.05, 0) is 21.8 Å². The van der Waals surface area contributed by atoms with Gasteiger partial charge in [0.05, 0.1) is 6.20 Å². The fraction of sp³-hybridized carbons (Fsp3) is 0.500. The molecule has 0 saturated heterocycles. The zero-order chi connectivity index (χ0) is 10.0. The van der Waals surface area contributed by atoms with Gasteiger partial charge in [-0.2, -0.15) is 5.10 Å². The first kappa shape index (κ1) is 10.2. The first-order chi connectivity index (χ1) is 6.02. The summed E-state index contributed by atoms with van der Waals surface area (Å²) in [4.78, 5) is 10.4. The molecule has 0 aliphatic carbocycles. The summed E-state index contributed by atoms with van der Waals surface area (Å²) in [5.74, 6) is -0.545. The predicted octanol–water partition coefficient (Wildman–Crippen LogP) is 1.85. The molecule has 4 nitrogen and oxygen atoms in total. The van der Waals surface area contributed by atoms with Crippen molar-refractivity contribution < 1.29 is 9.90 Å². The van der Waals surface area contributed by atoms with Crippen molar-refractivity contribution in [1.82, 2.24) is 9.78 Å². The van der Waals surface area contributed by atoms with Gasteiger partial charge in [-0.15, -0.1) is 0 Å². The summed E-state index contributed by atoms with van der Waals surface area (Å²) < 4.78 is 2.18. The van der Waals surface area contributed by atoms with Crippen LogP contribution in [0, 0.1) is 0 Å². The second-order valence-electron chi connectivity index (χ2n) is 3.10. The minimum absolute atomic E-state index is 0.104. The van der Waals surface area contributed by atoms with Gasteiger partial charge in [0.25, 0.3) is 0 Å². The van der Waals surface area contributed by atoms with Gasteiger partial charge in [-0.25, -0.2) is 4.68 Å². The van der Waals surface area contributed by atoms with Crippen LogP contribution in [0.5, 0.6) is 0 Å². The lowest BCUT2D eigenvalue weighted by molar-refractivity contribution is -0.137. The van der Waals surface area contributed by atoms with Crippen molar-refractivity contribution in [2.24, 2.45) is 0 Å². The number of halogens is 1. The van der Waals surface area contributed by atoms with Crippen LogP contribution in [0.25, 0.3) is 0 Å². The Bertz CT molecular complexity index is 320. The fourth-order valence-electron chi connectivity index (χ4n) is 1.01. The molecule has 1 aromatic heterocycles. The summed E-state index contributed by atoms with van der Waals surface area (Å²) in [6.45, 7) is 3.97. The van der Waals surface area contributed by atoms with E-state index < -0.39 is 5.97 Å². The predicted molar refractivity (Wildman–Crippen MR) is 51.7 cm³/mol. The summed E-state index contributed by atoms with van der Waals surface area (Å²) in [6, 6.07) is 0. The highest BCUT2D eigenvalue weighted by Crippen LogP contribution is 2.23. The van der Waals surface area contributed by atoms with Gasteiger partial charge < -0.3 is 5.11 Å². The molecule has 1 heterocycles. The highest BCUT2D eigenvalue weighted by atomic mass is 79.9. The number of rotatable bonds is 3. The van der Waals surface area contributed by atoms with Gasteiger partial charge >= 0.3 is 5.97 Å². The molecule has 0 fully saturated rings. The minimum atomic E-state index is -0.890. The number of nitrogens with zero attached hydrogens (tertiary/aromatic N) is 2. The standard InChI is InChI=1S/C8H11BrN2O2/c1-5(2)6-3-10-11(8(6)9)4-7(12)13/h3,5H,4H2,1-2H3,(H,12,13). The van der Waals surface area contributed by atoms with Gasteiger partial charge in [0.15, 0.2) is 0 Å². The van der Waals surface area contributed by atoms with E-state index in [1.165, 1.54) is 4.68 Å². The highest BCUT2D eigenvalue weighted by Gasteiger charge is 2.12. The molecule has 1 aromatic rings. The third-order valence-corrected chi connectivity index (χ3v) is 2.58. The van der Waals surface area contributed by atoms with E-state index in [4.69, 9.17) is 5.11 Å². The SMILES string of the molecule is CC(C)c1cnn(CC(=O)O)c1Br. The molecule has 0 bridgehead atoms. The molecule has 0 saturated carbocycles. The van der Waals surface area contributed by atoms with E-state index in [2.05, 4.69) is 21.0 Å². The average molecular weight is 247 g/mol. The van der Waals surface area contributed by atoms with Crippen molar-refractivity contribution >= 4 is 21.9 Å². The molecule has 0 unspecified atom stereocenters. The second kappa shape index (κ2) is 3.91.